The van der Waals surface area contributed by atoms with Crippen molar-refractivity contribution in [2.24, 2.45) is 0 Å². The van der Waals surface area contributed by atoms with E-state index >= 15 is 0 Å². The van der Waals surface area contributed by atoms with Crippen molar-refractivity contribution in [2.75, 3.05) is 0 Å². The molecule has 1 unspecified atom stereocenters. The Balaban J connectivity index is 2.00. The second kappa shape index (κ2) is 5.61. The molecule has 0 aliphatic heterocycles. The lowest BCUT2D eigenvalue weighted by molar-refractivity contribution is -0.137. The van der Waals surface area contributed by atoms with Crippen molar-refractivity contribution in [3.05, 3.63) is 34.3 Å². The highest BCUT2D eigenvalue weighted by atomic mass is 32.1. The van der Waals surface area contributed by atoms with E-state index in [1.165, 1.54) is 6.20 Å². The molecule has 0 aliphatic rings. The first-order valence-electron chi connectivity index (χ1n) is 5.51. The van der Waals surface area contributed by atoms with Gasteiger partial charge in [-0.1, -0.05) is 5.21 Å². The molecule has 2 aromatic rings. The molecule has 2 rings (SSSR count). The molecule has 0 aliphatic carbocycles. The third kappa shape index (κ3) is 3.38. The first-order chi connectivity index (χ1) is 9.06. The maximum Gasteiger partial charge on any atom is 0.325 e. The number of carbonyl (C=O) groups excluding carboxylic acids is 1. The smallest absolute Gasteiger partial charge is 0.325 e. The van der Waals surface area contributed by atoms with E-state index in [2.05, 4.69) is 15.6 Å². The summed E-state index contributed by atoms with van der Waals surface area (Å²) in [6.07, 6.45) is 1.31. The van der Waals surface area contributed by atoms with Crippen molar-refractivity contribution in [3.63, 3.8) is 0 Å². The van der Waals surface area contributed by atoms with Gasteiger partial charge in [0.25, 0.3) is 5.91 Å². The number of thiophene rings is 1. The molecule has 0 bridgehead atoms. The molecule has 0 radical (unpaired) electrons. The summed E-state index contributed by atoms with van der Waals surface area (Å²) in [5.74, 6) is -1.42. The Bertz CT molecular complexity index is 579. The minimum absolute atomic E-state index is 0.100. The quantitative estimate of drug-likeness (QED) is 0.848. The molecule has 7 nitrogen and oxygen atoms in total. The monoisotopic (exact) mass is 280 g/mol. The van der Waals surface area contributed by atoms with Crippen molar-refractivity contribution in [1.82, 2.24) is 20.3 Å². The van der Waals surface area contributed by atoms with Gasteiger partial charge >= 0.3 is 5.97 Å². The fraction of sp³-hybridized carbons (Fsp3) is 0.273. The van der Waals surface area contributed by atoms with Crippen LogP contribution in [0.5, 0.6) is 0 Å². The van der Waals surface area contributed by atoms with Gasteiger partial charge in [0.2, 0.25) is 0 Å². The lowest BCUT2D eigenvalue weighted by Gasteiger charge is -2.10. The molecular formula is C11H12N4O3S. The van der Waals surface area contributed by atoms with Gasteiger partial charge < -0.3 is 10.4 Å². The molecule has 2 heterocycles. The van der Waals surface area contributed by atoms with Gasteiger partial charge in [0, 0.05) is 0 Å². The fourth-order valence-corrected chi connectivity index (χ4v) is 2.25. The summed E-state index contributed by atoms with van der Waals surface area (Å²) < 4.78 is 1.10. The zero-order valence-electron chi connectivity index (χ0n) is 10.1. The summed E-state index contributed by atoms with van der Waals surface area (Å²) >= 11 is 1.55. The largest absolute Gasteiger partial charge is 0.480 e. The number of aromatic nitrogens is 3. The number of rotatable bonds is 5. The molecular weight excluding hydrogens is 268 g/mol. The number of aliphatic carboxylic acids is 1. The summed E-state index contributed by atoms with van der Waals surface area (Å²) in [6, 6.07) is 1.79. The van der Waals surface area contributed by atoms with E-state index in [0.29, 0.717) is 0 Å². The molecule has 8 heteroatoms. The number of hydrogen-bond donors (Lipinski definition) is 2. The van der Waals surface area contributed by atoms with Gasteiger partial charge in [0.05, 0.1) is 12.2 Å². The molecule has 0 spiro atoms. The van der Waals surface area contributed by atoms with E-state index < -0.39 is 5.97 Å². The number of carboxylic acids is 1. The Morgan fingerprint density at radius 2 is 2.37 bits per heavy atom. The Morgan fingerprint density at radius 1 is 1.58 bits per heavy atom. The van der Waals surface area contributed by atoms with Crippen LogP contribution in [0, 0.1) is 0 Å². The van der Waals surface area contributed by atoms with E-state index in [1.54, 1.807) is 11.3 Å². The normalized spacial score (nSPS) is 12.1. The van der Waals surface area contributed by atoms with Crippen LogP contribution >= 0.6 is 11.3 Å². The van der Waals surface area contributed by atoms with Gasteiger partial charge in [-0.3, -0.25) is 9.59 Å². The first kappa shape index (κ1) is 13.2. The topological polar surface area (TPSA) is 97.1 Å². The van der Waals surface area contributed by atoms with Gasteiger partial charge in [-0.05, 0) is 29.3 Å². The van der Waals surface area contributed by atoms with Gasteiger partial charge in [0.15, 0.2) is 5.69 Å². The van der Waals surface area contributed by atoms with E-state index in [-0.39, 0.29) is 24.2 Å². The van der Waals surface area contributed by atoms with Gasteiger partial charge in [-0.15, -0.1) is 5.10 Å². The standard InChI is InChI=1S/C11H12N4O3S/c1-7(8-2-3-19-6-8)12-11(18)9-4-15(14-13-9)5-10(16)17/h2-4,6-7H,5H2,1H3,(H,12,18)(H,16,17). The Kier molecular flexibility index (Phi) is 3.91. The van der Waals surface area contributed by atoms with Gasteiger partial charge in [0.1, 0.15) is 6.54 Å². The zero-order valence-corrected chi connectivity index (χ0v) is 10.9. The van der Waals surface area contributed by atoms with E-state index in [1.807, 2.05) is 23.8 Å². The minimum atomic E-state index is -1.04. The first-order valence-corrected chi connectivity index (χ1v) is 6.45. The molecule has 100 valence electrons. The van der Waals surface area contributed by atoms with Crippen LogP contribution in [-0.2, 0) is 11.3 Å². The number of nitrogens with one attached hydrogen (secondary N) is 1. The van der Waals surface area contributed by atoms with Crippen LogP contribution in [0.15, 0.2) is 23.0 Å². The van der Waals surface area contributed by atoms with Crippen molar-refractivity contribution >= 4 is 23.2 Å². The van der Waals surface area contributed by atoms with Crippen molar-refractivity contribution < 1.29 is 14.7 Å². The second-order valence-corrected chi connectivity index (χ2v) is 4.73. The molecule has 0 saturated carbocycles. The summed E-state index contributed by atoms with van der Waals surface area (Å²) in [5, 5.41) is 22.5. The molecule has 1 amide bonds. The second-order valence-electron chi connectivity index (χ2n) is 3.95. The highest BCUT2D eigenvalue weighted by Gasteiger charge is 2.15. The summed E-state index contributed by atoms with van der Waals surface area (Å²) in [7, 11) is 0. The zero-order chi connectivity index (χ0) is 13.8. The number of carboxylic acid groups (broad SMARTS) is 1. The highest BCUT2D eigenvalue weighted by Crippen LogP contribution is 2.15. The van der Waals surface area contributed by atoms with Crippen LogP contribution in [0.1, 0.15) is 29.0 Å². The van der Waals surface area contributed by atoms with E-state index in [4.69, 9.17) is 5.11 Å². The summed E-state index contributed by atoms with van der Waals surface area (Å²) in [6.45, 7) is 1.54. The van der Waals surface area contributed by atoms with Crippen molar-refractivity contribution in [3.8, 4) is 0 Å². The molecule has 2 aromatic heterocycles. The number of amides is 1. The maximum atomic E-state index is 11.9. The molecule has 0 saturated heterocycles. The van der Waals surface area contributed by atoms with Gasteiger partial charge in [-0.2, -0.15) is 11.3 Å². The van der Waals surface area contributed by atoms with E-state index in [0.717, 1.165) is 10.2 Å². The highest BCUT2D eigenvalue weighted by molar-refractivity contribution is 7.07. The maximum absolute atomic E-state index is 11.9. The van der Waals surface area contributed by atoms with Crippen molar-refractivity contribution in [1.29, 1.82) is 0 Å². The van der Waals surface area contributed by atoms with Crippen LogP contribution in [0.3, 0.4) is 0 Å². The van der Waals surface area contributed by atoms with Gasteiger partial charge in [-0.25, -0.2) is 4.68 Å². The summed E-state index contributed by atoms with van der Waals surface area (Å²) in [5.41, 5.74) is 1.11. The van der Waals surface area contributed by atoms with Crippen LogP contribution in [0.2, 0.25) is 0 Å². The Morgan fingerprint density at radius 3 is 3.00 bits per heavy atom. The van der Waals surface area contributed by atoms with E-state index in [9.17, 15) is 9.59 Å². The number of nitrogens with zero attached hydrogens (tertiary/aromatic N) is 3. The average Bonchev–Trinajstić information content (AvgIpc) is 2.97. The molecule has 2 N–H and O–H groups in total. The van der Waals surface area contributed by atoms with Crippen LogP contribution in [-0.4, -0.2) is 32.0 Å². The van der Waals surface area contributed by atoms with Crippen molar-refractivity contribution in [2.45, 2.75) is 19.5 Å². The van der Waals surface area contributed by atoms with Crippen LogP contribution in [0.4, 0.5) is 0 Å². The Labute approximate surface area is 112 Å². The minimum Gasteiger partial charge on any atom is -0.480 e. The van der Waals surface area contributed by atoms with Crippen LogP contribution in [0.25, 0.3) is 0 Å². The predicted octanol–water partition coefficient (Wildman–Crippen LogP) is 0.915. The number of carbonyl (C=O) groups is 2. The molecule has 19 heavy (non-hydrogen) atoms. The third-order valence-electron chi connectivity index (χ3n) is 2.46. The lowest BCUT2D eigenvalue weighted by atomic mass is 10.2. The average molecular weight is 280 g/mol. The number of hydrogen-bond acceptors (Lipinski definition) is 5. The lowest BCUT2D eigenvalue weighted by Crippen LogP contribution is -2.26. The third-order valence-corrected chi connectivity index (χ3v) is 3.16. The fourth-order valence-electron chi connectivity index (χ4n) is 1.49. The summed E-state index contributed by atoms with van der Waals surface area (Å²) in [4.78, 5) is 22.4. The predicted molar refractivity (Wildman–Crippen MR) is 67.9 cm³/mol. The molecule has 1 atom stereocenters. The molecule has 0 fully saturated rings. The van der Waals surface area contributed by atoms with Crippen LogP contribution < -0.4 is 5.32 Å². The Hall–Kier alpha value is -2.22. The SMILES string of the molecule is CC(NC(=O)c1cn(CC(=O)O)nn1)c1ccsc1. The molecule has 0 aromatic carbocycles.